The van der Waals surface area contributed by atoms with Gasteiger partial charge < -0.3 is 5.11 Å². The summed E-state index contributed by atoms with van der Waals surface area (Å²) in [7, 11) is 0. The summed E-state index contributed by atoms with van der Waals surface area (Å²) in [5.41, 5.74) is 0.770. The average molecular weight is 336 g/mol. The maximum absolute atomic E-state index is 11.6. The normalized spacial score (nSPS) is 10.3. The third kappa shape index (κ3) is 4.99. The van der Waals surface area contributed by atoms with Crippen molar-refractivity contribution < 1.29 is 9.90 Å². The molecule has 0 aromatic heterocycles. The molecule has 0 saturated carbocycles. The van der Waals surface area contributed by atoms with Crippen molar-refractivity contribution in [1.82, 2.24) is 0 Å². The van der Waals surface area contributed by atoms with E-state index in [2.05, 4.69) is 22.6 Å². The minimum absolute atomic E-state index is 0.161. The van der Waals surface area contributed by atoms with Crippen molar-refractivity contribution in [3.8, 4) is 0 Å². The lowest BCUT2D eigenvalue weighted by Gasteiger charge is -2.00. The Kier molecular flexibility index (Phi) is 6.28. The van der Waals surface area contributed by atoms with Gasteiger partial charge in [-0.05, 0) is 46.9 Å². The molecule has 0 unspecified atom stereocenters. The first-order valence-corrected chi connectivity index (χ1v) is 6.95. The Labute approximate surface area is 108 Å². The smallest absolute Gasteiger partial charge is 0.172 e. The van der Waals surface area contributed by atoms with Gasteiger partial charge in [0, 0.05) is 15.7 Å². The fraction of sp³-hybridized carbons (Fsp3) is 0.364. The molecule has 1 rings (SSSR count). The fourth-order valence-electron chi connectivity index (χ4n) is 1.05. The molecule has 2 nitrogen and oxygen atoms in total. The van der Waals surface area contributed by atoms with Crippen molar-refractivity contribution in [2.75, 3.05) is 18.1 Å². The van der Waals surface area contributed by atoms with Crippen molar-refractivity contribution in [3.05, 3.63) is 33.4 Å². The number of aliphatic hydroxyl groups excluding tert-OH is 1. The molecular weight excluding hydrogens is 323 g/mol. The van der Waals surface area contributed by atoms with Gasteiger partial charge in [-0.15, -0.1) is 0 Å². The van der Waals surface area contributed by atoms with Gasteiger partial charge in [0.25, 0.3) is 0 Å². The minimum Gasteiger partial charge on any atom is -0.396 e. The Morgan fingerprint density at radius 3 is 2.60 bits per heavy atom. The van der Waals surface area contributed by atoms with Gasteiger partial charge in [-0.25, -0.2) is 0 Å². The average Bonchev–Trinajstić information content (AvgIpc) is 2.25. The Bertz CT molecular complexity index is 311. The number of rotatable bonds is 6. The highest BCUT2D eigenvalue weighted by Crippen LogP contribution is 2.11. The zero-order valence-corrected chi connectivity index (χ0v) is 11.3. The number of hydrogen-bond acceptors (Lipinski definition) is 3. The molecule has 0 fully saturated rings. The topological polar surface area (TPSA) is 37.3 Å². The molecule has 0 atom stereocenters. The monoisotopic (exact) mass is 336 g/mol. The summed E-state index contributed by atoms with van der Waals surface area (Å²) < 4.78 is 1.14. The highest BCUT2D eigenvalue weighted by atomic mass is 127. The molecule has 1 aromatic rings. The van der Waals surface area contributed by atoms with Crippen LogP contribution in [0.25, 0.3) is 0 Å². The second kappa shape index (κ2) is 7.24. The van der Waals surface area contributed by atoms with Crippen LogP contribution in [0.5, 0.6) is 0 Å². The van der Waals surface area contributed by atoms with Crippen LogP contribution in [0.4, 0.5) is 0 Å². The molecule has 15 heavy (non-hydrogen) atoms. The Morgan fingerprint density at radius 2 is 2.00 bits per heavy atom. The van der Waals surface area contributed by atoms with Crippen molar-refractivity contribution in [2.24, 2.45) is 0 Å². The van der Waals surface area contributed by atoms with Crippen LogP contribution >= 0.6 is 34.4 Å². The van der Waals surface area contributed by atoms with E-state index in [4.69, 9.17) is 5.11 Å². The van der Waals surface area contributed by atoms with E-state index in [1.807, 2.05) is 24.3 Å². The first-order valence-electron chi connectivity index (χ1n) is 4.71. The number of halogens is 1. The van der Waals surface area contributed by atoms with Gasteiger partial charge in [0.15, 0.2) is 5.78 Å². The number of aliphatic hydroxyl groups is 1. The second-order valence-corrected chi connectivity index (χ2v) is 5.41. The van der Waals surface area contributed by atoms with E-state index in [-0.39, 0.29) is 12.4 Å². The molecule has 1 aromatic carbocycles. The van der Waals surface area contributed by atoms with Gasteiger partial charge in [-0.1, -0.05) is 12.1 Å². The summed E-state index contributed by atoms with van der Waals surface area (Å²) in [6.07, 6.45) is 0.755. The van der Waals surface area contributed by atoms with E-state index >= 15 is 0 Å². The van der Waals surface area contributed by atoms with Crippen LogP contribution in [0.15, 0.2) is 24.3 Å². The quantitative estimate of drug-likeness (QED) is 0.493. The number of thioether (sulfide) groups is 1. The highest BCUT2D eigenvalue weighted by Gasteiger charge is 2.04. The van der Waals surface area contributed by atoms with Gasteiger partial charge in [0.05, 0.1) is 5.75 Å². The molecule has 1 N–H and O–H groups in total. The molecule has 0 aliphatic rings. The van der Waals surface area contributed by atoms with Gasteiger partial charge in [-0.2, -0.15) is 11.8 Å². The summed E-state index contributed by atoms with van der Waals surface area (Å²) in [5, 5.41) is 8.58. The molecule has 0 aliphatic carbocycles. The Morgan fingerprint density at radius 1 is 1.33 bits per heavy atom. The van der Waals surface area contributed by atoms with Crippen molar-refractivity contribution in [3.63, 3.8) is 0 Å². The lowest BCUT2D eigenvalue weighted by molar-refractivity contribution is 0.102. The maximum atomic E-state index is 11.6. The number of ketones is 1. The molecule has 0 saturated heterocycles. The first kappa shape index (κ1) is 13.0. The zero-order valence-electron chi connectivity index (χ0n) is 8.28. The highest BCUT2D eigenvalue weighted by molar-refractivity contribution is 14.1. The predicted molar refractivity (Wildman–Crippen MR) is 72.5 cm³/mol. The Balaban J connectivity index is 2.37. The van der Waals surface area contributed by atoms with E-state index in [0.29, 0.717) is 5.75 Å². The summed E-state index contributed by atoms with van der Waals surface area (Å²) in [6, 6.07) is 7.59. The summed E-state index contributed by atoms with van der Waals surface area (Å²) in [4.78, 5) is 11.6. The van der Waals surface area contributed by atoms with Crippen molar-refractivity contribution in [1.29, 1.82) is 0 Å². The van der Waals surface area contributed by atoms with Crippen LogP contribution in [-0.4, -0.2) is 29.0 Å². The number of benzene rings is 1. The fourth-order valence-corrected chi connectivity index (χ4v) is 2.24. The van der Waals surface area contributed by atoms with E-state index in [0.717, 1.165) is 21.3 Å². The zero-order chi connectivity index (χ0) is 11.1. The molecule has 0 radical (unpaired) electrons. The lowest BCUT2D eigenvalue weighted by Crippen LogP contribution is -2.03. The third-order valence-electron chi connectivity index (χ3n) is 1.85. The van der Waals surface area contributed by atoms with Gasteiger partial charge in [0.2, 0.25) is 0 Å². The van der Waals surface area contributed by atoms with Crippen LogP contribution in [0.1, 0.15) is 16.8 Å². The largest absolute Gasteiger partial charge is 0.396 e. The number of Topliss-reactive ketones (excluding diaryl/α,β-unsaturated/α-hetero) is 1. The number of carbonyl (C=O) groups is 1. The summed E-state index contributed by atoms with van der Waals surface area (Å²) in [5.74, 6) is 1.50. The molecular formula is C11H13IO2S. The molecule has 82 valence electrons. The standard InChI is InChI=1S/C11H13IO2S/c12-10-4-2-9(3-5-10)11(14)8-15-7-1-6-13/h2-5,13H,1,6-8H2. The molecule has 0 spiro atoms. The van der Waals surface area contributed by atoms with Gasteiger partial charge in [-0.3, -0.25) is 4.79 Å². The summed E-state index contributed by atoms with van der Waals surface area (Å²) in [6.45, 7) is 0.199. The third-order valence-corrected chi connectivity index (χ3v) is 3.61. The maximum Gasteiger partial charge on any atom is 0.172 e. The predicted octanol–water partition coefficient (Wildman–Crippen LogP) is 2.59. The summed E-state index contributed by atoms with van der Waals surface area (Å²) >= 11 is 3.79. The minimum atomic E-state index is 0.161. The molecule has 0 bridgehead atoms. The van der Waals surface area contributed by atoms with Crippen LogP contribution in [0.3, 0.4) is 0 Å². The van der Waals surface area contributed by atoms with Crippen LogP contribution in [-0.2, 0) is 0 Å². The van der Waals surface area contributed by atoms with Crippen molar-refractivity contribution >= 4 is 40.1 Å². The van der Waals surface area contributed by atoms with Crippen LogP contribution in [0, 0.1) is 3.57 Å². The SMILES string of the molecule is O=C(CSCCCO)c1ccc(I)cc1. The molecule has 4 heteroatoms. The van der Waals surface area contributed by atoms with Crippen LogP contribution < -0.4 is 0 Å². The van der Waals surface area contributed by atoms with Gasteiger partial charge >= 0.3 is 0 Å². The van der Waals surface area contributed by atoms with E-state index in [1.54, 1.807) is 11.8 Å². The van der Waals surface area contributed by atoms with Crippen molar-refractivity contribution in [2.45, 2.75) is 6.42 Å². The van der Waals surface area contributed by atoms with Gasteiger partial charge in [0.1, 0.15) is 0 Å². The molecule has 0 heterocycles. The van der Waals surface area contributed by atoms with E-state index < -0.39 is 0 Å². The van der Waals surface area contributed by atoms with Crippen LogP contribution in [0.2, 0.25) is 0 Å². The van der Waals surface area contributed by atoms with E-state index in [9.17, 15) is 4.79 Å². The molecule has 0 amide bonds. The first-order chi connectivity index (χ1) is 7.24. The van der Waals surface area contributed by atoms with E-state index in [1.165, 1.54) is 0 Å². The lowest BCUT2D eigenvalue weighted by atomic mass is 10.2. The number of carbonyl (C=O) groups excluding carboxylic acids is 1. The number of hydrogen-bond donors (Lipinski definition) is 1. The second-order valence-electron chi connectivity index (χ2n) is 3.06. The molecule has 0 aliphatic heterocycles. The Hall–Kier alpha value is -0.0700.